The predicted octanol–water partition coefficient (Wildman–Crippen LogP) is 3.81. The number of nitrogens with one attached hydrogen (secondary N) is 1. The van der Waals surface area contributed by atoms with Gasteiger partial charge in [0.2, 0.25) is 5.91 Å². The first-order valence-corrected chi connectivity index (χ1v) is 8.97. The zero-order chi connectivity index (χ0) is 16.6. The quantitative estimate of drug-likeness (QED) is 0.873. The largest absolute Gasteiger partial charge is 0.359 e. The zero-order valence-electron chi connectivity index (χ0n) is 12.6. The van der Waals surface area contributed by atoms with Crippen molar-refractivity contribution in [1.82, 2.24) is 10.2 Å². The number of carbonyl (C=O) groups excluding carboxylic acids is 2. The molecular weight excluding hydrogens is 355 g/mol. The van der Waals surface area contributed by atoms with E-state index in [1.165, 1.54) is 11.3 Å². The Bertz CT molecular complexity index is 775. The maximum atomic E-state index is 12.8. The summed E-state index contributed by atoms with van der Waals surface area (Å²) in [6.45, 7) is 1.08. The number of nitrogens with zero attached hydrogens (tertiary/aromatic N) is 1. The highest BCUT2D eigenvalue weighted by Gasteiger charge is 2.30. The predicted molar refractivity (Wildman–Crippen MR) is 94.5 cm³/mol. The van der Waals surface area contributed by atoms with Crippen LogP contribution in [-0.2, 0) is 4.79 Å². The Morgan fingerprint density at radius 3 is 2.87 bits per heavy atom. The number of hydrogen-bond acceptors (Lipinski definition) is 3. The molecule has 7 heteroatoms. The molecule has 1 atom stereocenters. The van der Waals surface area contributed by atoms with Crippen LogP contribution in [0.25, 0.3) is 10.1 Å². The topological polar surface area (TPSA) is 49.4 Å². The maximum absolute atomic E-state index is 12.8. The molecule has 1 aliphatic heterocycles. The van der Waals surface area contributed by atoms with Crippen LogP contribution in [0.15, 0.2) is 18.2 Å². The molecule has 2 amide bonds. The number of thiophene rings is 1. The lowest BCUT2D eigenvalue weighted by Crippen LogP contribution is -2.44. The minimum absolute atomic E-state index is 0.0169. The number of hydrogen-bond donors (Lipinski definition) is 1. The number of amides is 2. The van der Waals surface area contributed by atoms with Gasteiger partial charge < -0.3 is 10.2 Å². The number of rotatable bonds is 2. The number of piperidine rings is 1. The molecule has 122 valence electrons. The number of carbonyl (C=O) groups is 2. The molecule has 23 heavy (non-hydrogen) atoms. The molecule has 1 aromatic carbocycles. The summed E-state index contributed by atoms with van der Waals surface area (Å²) >= 11 is 13.7. The van der Waals surface area contributed by atoms with Gasteiger partial charge in [0.05, 0.1) is 10.9 Å². The van der Waals surface area contributed by atoms with Crippen LogP contribution < -0.4 is 5.32 Å². The van der Waals surface area contributed by atoms with Crippen molar-refractivity contribution < 1.29 is 9.59 Å². The third-order valence-corrected chi connectivity index (χ3v) is 5.99. The summed E-state index contributed by atoms with van der Waals surface area (Å²) in [5, 5.41) is 4.58. The molecule has 1 aromatic heterocycles. The fourth-order valence-corrected chi connectivity index (χ4v) is 4.66. The third kappa shape index (κ3) is 3.18. The fraction of sp³-hybridized carbons (Fsp3) is 0.375. The van der Waals surface area contributed by atoms with Crippen LogP contribution in [0.4, 0.5) is 0 Å². The smallest absolute Gasteiger partial charge is 0.265 e. The monoisotopic (exact) mass is 370 g/mol. The van der Waals surface area contributed by atoms with Crippen molar-refractivity contribution in [1.29, 1.82) is 0 Å². The van der Waals surface area contributed by atoms with E-state index in [2.05, 4.69) is 5.32 Å². The highest BCUT2D eigenvalue weighted by Crippen LogP contribution is 2.37. The van der Waals surface area contributed by atoms with Crippen molar-refractivity contribution in [2.24, 2.45) is 5.92 Å². The van der Waals surface area contributed by atoms with Crippen LogP contribution in [-0.4, -0.2) is 36.9 Å². The van der Waals surface area contributed by atoms with E-state index < -0.39 is 0 Å². The van der Waals surface area contributed by atoms with Crippen LogP contribution in [0.2, 0.25) is 10.0 Å². The standard InChI is InChI=1S/C16H16Cl2N2O2S/c1-19-15(21)9-3-2-6-20(8-9)16(22)14-13(18)11-5-4-10(17)7-12(11)23-14/h4-5,7,9H,2-3,6,8H2,1H3,(H,19,21). The minimum atomic E-state index is -0.153. The van der Waals surface area contributed by atoms with Crippen molar-refractivity contribution in [2.45, 2.75) is 12.8 Å². The first-order valence-electron chi connectivity index (χ1n) is 7.39. The van der Waals surface area contributed by atoms with Gasteiger partial charge in [-0.1, -0.05) is 29.3 Å². The van der Waals surface area contributed by atoms with Crippen molar-refractivity contribution in [3.63, 3.8) is 0 Å². The van der Waals surface area contributed by atoms with E-state index in [1.807, 2.05) is 12.1 Å². The Balaban J connectivity index is 1.88. The molecule has 1 fully saturated rings. The van der Waals surface area contributed by atoms with Gasteiger partial charge in [-0.05, 0) is 25.0 Å². The zero-order valence-corrected chi connectivity index (χ0v) is 14.9. The van der Waals surface area contributed by atoms with Gasteiger partial charge in [-0.15, -0.1) is 11.3 Å². The van der Waals surface area contributed by atoms with Gasteiger partial charge in [-0.25, -0.2) is 0 Å². The molecule has 4 nitrogen and oxygen atoms in total. The van der Waals surface area contributed by atoms with Crippen molar-refractivity contribution in [3.8, 4) is 0 Å². The summed E-state index contributed by atoms with van der Waals surface area (Å²) in [6.07, 6.45) is 1.62. The lowest BCUT2D eigenvalue weighted by atomic mass is 9.97. The summed E-state index contributed by atoms with van der Waals surface area (Å²) in [6, 6.07) is 5.41. The van der Waals surface area contributed by atoms with Crippen LogP contribution in [0, 0.1) is 5.92 Å². The van der Waals surface area contributed by atoms with Crippen molar-refractivity contribution >= 4 is 56.4 Å². The highest BCUT2D eigenvalue weighted by molar-refractivity contribution is 7.21. The molecule has 0 spiro atoms. The summed E-state index contributed by atoms with van der Waals surface area (Å²) in [5.41, 5.74) is 0. The van der Waals surface area contributed by atoms with Crippen LogP contribution in [0.3, 0.4) is 0 Å². The number of fused-ring (bicyclic) bond motifs is 1. The molecule has 0 saturated carbocycles. The average Bonchev–Trinajstić information content (AvgIpc) is 2.89. The van der Waals surface area contributed by atoms with Gasteiger partial charge in [0.1, 0.15) is 4.88 Å². The second-order valence-corrected chi connectivity index (χ2v) is 7.46. The Morgan fingerprint density at radius 2 is 2.13 bits per heavy atom. The van der Waals surface area contributed by atoms with Gasteiger partial charge >= 0.3 is 0 Å². The van der Waals surface area contributed by atoms with Gasteiger partial charge in [-0.3, -0.25) is 9.59 Å². The molecule has 1 aliphatic rings. The summed E-state index contributed by atoms with van der Waals surface area (Å²) in [4.78, 5) is 26.9. The summed E-state index contributed by atoms with van der Waals surface area (Å²) in [5.74, 6) is -0.280. The lowest BCUT2D eigenvalue weighted by Gasteiger charge is -2.31. The van der Waals surface area contributed by atoms with Crippen molar-refractivity contribution in [2.75, 3.05) is 20.1 Å². The first kappa shape index (κ1) is 16.6. The van der Waals surface area contributed by atoms with Gasteiger partial charge in [-0.2, -0.15) is 0 Å². The molecule has 1 saturated heterocycles. The van der Waals surface area contributed by atoms with Gasteiger partial charge in [0.15, 0.2) is 0 Å². The fourth-order valence-electron chi connectivity index (χ4n) is 2.90. The summed E-state index contributed by atoms with van der Waals surface area (Å²) < 4.78 is 0.894. The third-order valence-electron chi connectivity index (χ3n) is 4.11. The molecule has 0 bridgehead atoms. The molecule has 2 heterocycles. The molecule has 1 unspecified atom stereocenters. The molecule has 3 rings (SSSR count). The van der Waals surface area contributed by atoms with E-state index in [9.17, 15) is 9.59 Å². The van der Waals surface area contributed by atoms with Crippen LogP contribution >= 0.6 is 34.5 Å². The highest BCUT2D eigenvalue weighted by atomic mass is 35.5. The van der Waals surface area contributed by atoms with E-state index in [0.717, 1.165) is 22.9 Å². The Hall–Kier alpha value is -1.30. The second kappa shape index (κ2) is 6.67. The molecule has 0 radical (unpaired) electrons. The minimum Gasteiger partial charge on any atom is -0.359 e. The summed E-state index contributed by atoms with van der Waals surface area (Å²) in [7, 11) is 1.62. The maximum Gasteiger partial charge on any atom is 0.265 e. The van der Waals surface area contributed by atoms with E-state index in [-0.39, 0.29) is 17.7 Å². The van der Waals surface area contributed by atoms with E-state index in [0.29, 0.717) is 28.0 Å². The normalized spacial score (nSPS) is 18.2. The first-order chi connectivity index (χ1) is 11.0. The Kier molecular flexibility index (Phi) is 4.80. The van der Waals surface area contributed by atoms with Crippen molar-refractivity contribution in [3.05, 3.63) is 33.1 Å². The molecular formula is C16H16Cl2N2O2S. The number of benzene rings is 1. The molecule has 1 N–H and O–H groups in total. The van der Waals surface area contributed by atoms with Crippen LogP contribution in [0.1, 0.15) is 22.5 Å². The second-order valence-electron chi connectivity index (χ2n) is 5.59. The SMILES string of the molecule is CNC(=O)C1CCCN(C(=O)c2sc3cc(Cl)ccc3c2Cl)C1. The Morgan fingerprint density at radius 1 is 1.35 bits per heavy atom. The Labute approximate surface area is 148 Å². The van der Waals surface area contributed by atoms with Crippen LogP contribution in [0.5, 0.6) is 0 Å². The molecule has 2 aromatic rings. The van der Waals surface area contributed by atoms with Gasteiger partial charge in [0.25, 0.3) is 5.91 Å². The van der Waals surface area contributed by atoms with E-state index in [4.69, 9.17) is 23.2 Å². The number of halogens is 2. The lowest BCUT2D eigenvalue weighted by molar-refractivity contribution is -0.125. The van der Waals surface area contributed by atoms with E-state index >= 15 is 0 Å². The molecule has 0 aliphatic carbocycles. The average molecular weight is 371 g/mol. The van der Waals surface area contributed by atoms with E-state index in [1.54, 1.807) is 18.0 Å². The number of likely N-dealkylation sites (tertiary alicyclic amines) is 1. The van der Waals surface area contributed by atoms with Gasteiger partial charge in [0, 0.05) is 35.2 Å².